The van der Waals surface area contributed by atoms with Crippen LogP contribution in [0.25, 0.3) is 0 Å². The van der Waals surface area contributed by atoms with Crippen molar-refractivity contribution in [2.24, 2.45) is 5.92 Å². The highest BCUT2D eigenvalue weighted by Crippen LogP contribution is 2.34. The summed E-state index contributed by atoms with van der Waals surface area (Å²) in [6.45, 7) is 4.64. The van der Waals surface area contributed by atoms with Gasteiger partial charge in [-0.2, -0.15) is 0 Å². The smallest absolute Gasteiger partial charge is 0.310 e. The minimum Gasteiger partial charge on any atom is -0.505 e. The van der Waals surface area contributed by atoms with E-state index in [1.54, 1.807) is 13.0 Å². The lowest BCUT2D eigenvalue weighted by Gasteiger charge is -2.31. The van der Waals surface area contributed by atoms with Gasteiger partial charge in [0.2, 0.25) is 0 Å². The van der Waals surface area contributed by atoms with E-state index in [0.29, 0.717) is 25.8 Å². The molecule has 0 saturated carbocycles. The molecule has 1 aliphatic heterocycles. The Hall–Kier alpha value is -4.14. The Labute approximate surface area is 214 Å². The van der Waals surface area contributed by atoms with Gasteiger partial charge in [0, 0.05) is 13.1 Å². The summed E-state index contributed by atoms with van der Waals surface area (Å²) in [4.78, 5) is 51.7. The molecule has 0 radical (unpaired) electrons. The van der Waals surface area contributed by atoms with Gasteiger partial charge in [0.25, 0.3) is 16.8 Å². The normalized spacial score (nSPS) is 16.3. The number of anilines is 3. The molecule has 2 atom stereocenters. The van der Waals surface area contributed by atoms with Gasteiger partial charge in [0.15, 0.2) is 5.75 Å². The lowest BCUT2D eigenvalue weighted by atomic mass is 9.97. The molecule has 3 aromatic carbocycles. The maximum Gasteiger partial charge on any atom is 0.310 e. The standard InChI is InChI=1S/C28H31N3O6/c1-3-20(17-10-6-5-7-11-17)29-22-23(26(34)25(22)33)30-21-14-8-13-19(24(21)32)27(35)31-15-9-12-18(16-31)28(36)37-4-2/h5-8,10-11,13-14,18,20,29-30,32H,3-4,9,12,15-16H2,1-2H3/t18?,20-/m1/s1. The zero-order chi connectivity index (χ0) is 26.5. The molecule has 1 heterocycles. The Morgan fingerprint density at radius 1 is 1.05 bits per heavy atom. The van der Waals surface area contributed by atoms with Crippen LogP contribution in [0, 0.1) is 5.92 Å². The van der Waals surface area contributed by atoms with Crippen molar-refractivity contribution in [3.8, 4) is 5.75 Å². The fourth-order valence-electron chi connectivity index (χ4n) is 4.67. The van der Waals surface area contributed by atoms with Crippen molar-refractivity contribution in [2.75, 3.05) is 30.3 Å². The van der Waals surface area contributed by atoms with E-state index in [9.17, 15) is 24.3 Å². The lowest BCUT2D eigenvalue weighted by Crippen LogP contribution is -2.42. The first kappa shape index (κ1) is 25.9. The fourth-order valence-corrected chi connectivity index (χ4v) is 4.67. The number of phenols is 1. The molecule has 194 valence electrons. The average molecular weight is 506 g/mol. The second-order valence-electron chi connectivity index (χ2n) is 9.09. The number of nitrogens with one attached hydrogen (secondary N) is 2. The summed E-state index contributed by atoms with van der Waals surface area (Å²) >= 11 is 0. The van der Waals surface area contributed by atoms with Crippen molar-refractivity contribution in [1.29, 1.82) is 0 Å². The number of hydrogen-bond donors (Lipinski definition) is 3. The van der Waals surface area contributed by atoms with E-state index >= 15 is 0 Å². The largest absolute Gasteiger partial charge is 0.505 e. The minimum atomic E-state index is -0.699. The Balaban J connectivity index is 1.54. The lowest BCUT2D eigenvalue weighted by molar-refractivity contribution is -0.149. The third-order valence-electron chi connectivity index (χ3n) is 6.69. The Kier molecular flexibility index (Phi) is 7.91. The molecule has 4 rings (SSSR count). The predicted octanol–water partition coefficient (Wildman–Crippen LogP) is 3.71. The molecule has 1 unspecified atom stereocenters. The highest BCUT2D eigenvalue weighted by molar-refractivity contribution is 5.99. The number of rotatable bonds is 9. The number of aromatic hydroxyl groups is 1. The van der Waals surface area contributed by atoms with Crippen LogP contribution in [0.3, 0.4) is 0 Å². The van der Waals surface area contributed by atoms with Crippen LogP contribution in [-0.2, 0) is 9.53 Å². The molecule has 9 heteroatoms. The molecule has 1 aliphatic rings. The van der Waals surface area contributed by atoms with Crippen molar-refractivity contribution >= 4 is 28.9 Å². The van der Waals surface area contributed by atoms with Gasteiger partial charge in [-0.3, -0.25) is 19.2 Å². The van der Waals surface area contributed by atoms with Crippen molar-refractivity contribution in [3.05, 3.63) is 80.1 Å². The number of nitrogens with zero attached hydrogens (tertiary/aromatic N) is 1. The van der Waals surface area contributed by atoms with Crippen molar-refractivity contribution in [2.45, 2.75) is 39.2 Å². The summed E-state index contributed by atoms with van der Waals surface area (Å²) in [5.74, 6) is -1.50. The molecule has 0 spiro atoms. The first-order valence-corrected chi connectivity index (χ1v) is 12.5. The average Bonchev–Trinajstić information content (AvgIpc) is 2.93. The van der Waals surface area contributed by atoms with Gasteiger partial charge in [0.1, 0.15) is 11.4 Å². The number of phenolic OH excluding ortho intramolecular Hbond substituents is 1. The zero-order valence-electron chi connectivity index (χ0n) is 21.0. The summed E-state index contributed by atoms with van der Waals surface area (Å²) in [5, 5.41) is 16.9. The first-order valence-electron chi connectivity index (χ1n) is 12.5. The Bertz CT molecular complexity index is 1350. The summed E-state index contributed by atoms with van der Waals surface area (Å²) < 4.78 is 5.11. The van der Waals surface area contributed by atoms with Gasteiger partial charge in [-0.25, -0.2) is 0 Å². The molecular formula is C28H31N3O6. The van der Waals surface area contributed by atoms with Gasteiger partial charge in [-0.15, -0.1) is 0 Å². The van der Waals surface area contributed by atoms with Crippen LogP contribution >= 0.6 is 0 Å². The third kappa shape index (κ3) is 5.35. The zero-order valence-corrected chi connectivity index (χ0v) is 21.0. The Morgan fingerprint density at radius 3 is 2.49 bits per heavy atom. The molecule has 0 aliphatic carbocycles. The maximum atomic E-state index is 13.2. The number of ether oxygens (including phenoxy) is 1. The van der Waals surface area contributed by atoms with E-state index in [-0.39, 0.29) is 53.5 Å². The van der Waals surface area contributed by atoms with E-state index in [1.165, 1.54) is 17.0 Å². The van der Waals surface area contributed by atoms with Gasteiger partial charge < -0.3 is 25.4 Å². The Morgan fingerprint density at radius 2 is 1.78 bits per heavy atom. The summed E-state index contributed by atoms with van der Waals surface area (Å²) in [5.41, 5.74) is -0.00482. The molecule has 1 fully saturated rings. The van der Waals surface area contributed by atoms with Crippen LogP contribution < -0.4 is 21.5 Å². The van der Waals surface area contributed by atoms with Crippen LogP contribution in [0.4, 0.5) is 17.1 Å². The molecule has 0 bridgehead atoms. The number of piperidine rings is 1. The van der Waals surface area contributed by atoms with Crippen molar-refractivity contribution in [3.63, 3.8) is 0 Å². The quantitative estimate of drug-likeness (QED) is 0.228. The summed E-state index contributed by atoms with van der Waals surface area (Å²) in [6.07, 6.45) is 1.96. The number of para-hydroxylation sites is 1. The highest BCUT2D eigenvalue weighted by atomic mass is 16.5. The van der Waals surface area contributed by atoms with Crippen LogP contribution in [0.2, 0.25) is 0 Å². The van der Waals surface area contributed by atoms with Gasteiger partial charge in [0.05, 0.1) is 29.8 Å². The number of carbonyl (C=O) groups is 2. The van der Waals surface area contributed by atoms with Gasteiger partial charge in [-0.05, 0) is 43.9 Å². The monoisotopic (exact) mass is 505 g/mol. The molecule has 3 aromatic rings. The number of benzene rings is 2. The topological polar surface area (TPSA) is 125 Å². The van der Waals surface area contributed by atoms with Gasteiger partial charge in [-0.1, -0.05) is 43.3 Å². The van der Waals surface area contributed by atoms with E-state index in [1.807, 2.05) is 37.3 Å². The van der Waals surface area contributed by atoms with Gasteiger partial charge >= 0.3 is 5.97 Å². The number of carbonyl (C=O) groups excluding carboxylic acids is 2. The fraction of sp³-hybridized carbons (Fsp3) is 0.357. The first-order chi connectivity index (χ1) is 17.8. The molecule has 37 heavy (non-hydrogen) atoms. The number of likely N-dealkylation sites (tertiary alicyclic amines) is 1. The number of hydrogen-bond acceptors (Lipinski definition) is 8. The second kappa shape index (κ2) is 11.3. The maximum absolute atomic E-state index is 13.2. The molecule has 0 aromatic heterocycles. The molecule has 1 saturated heterocycles. The molecule has 3 N–H and O–H groups in total. The molecule has 1 amide bonds. The minimum absolute atomic E-state index is 0.0402. The predicted molar refractivity (Wildman–Crippen MR) is 141 cm³/mol. The number of esters is 1. The van der Waals surface area contributed by atoms with E-state index in [0.717, 1.165) is 5.56 Å². The second-order valence-corrected chi connectivity index (χ2v) is 9.09. The number of amides is 1. The van der Waals surface area contributed by atoms with Crippen molar-refractivity contribution < 1.29 is 19.4 Å². The van der Waals surface area contributed by atoms with Crippen LogP contribution in [-0.4, -0.2) is 41.6 Å². The third-order valence-corrected chi connectivity index (χ3v) is 6.69. The molecule has 9 nitrogen and oxygen atoms in total. The van der Waals surface area contributed by atoms with E-state index in [4.69, 9.17) is 4.74 Å². The summed E-state index contributed by atoms with van der Waals surface area (Å²) in [6, 6.07) is 14.0. The van der Waals surface area contributed by atoms with Crippen molar-refractivity contribution in [1.82, 2.24) is 4.90 Å². The van der Waals surface area contributed by atoms with E-state index < -0.39 is 22.7 Å². The van der Waals surface area contributed by atoms with Crippen LogP contribution in [0.1, 0.15) is 55.1 Å². The molecular weight excluding hydrogens is 474 g/mol. The van der Waals surface area contributed by atoms with Crippen LogP contribution in [0.5, 0.6) is 5.75 Å². The SMILES string of the molecule is CCOC(=O)C1CCCN(C(=O)c2cccc(Nc3c(N[C@H](CC)c4ccccc4)c(=O)c3=O)c2O)C1. The van der Waals surface area contributed by atoms with E-state index in [2.05, 4.69) is 10.6 Å². The summed E-state index contributed by atoms with van der Waals surface area (Å²) in [7, 11) is 0. The van der Waals surface area contributed by atoms with Crippen LogP contribution in [0.15, 0.2) is 58.1 Å². The highest BCUT2D eigenvalue weighted by Gasteiger charge is 2.31.